The quantitative estimate of drug-likeness (QED) is 0.722. The Kier molecular flexibility index (Phi) is 6.58. The van der Waals surface area contributed by atoms with Gasteiger partial charge in [-0.2, -0.15) is 0 Å². The minimum absolute atomic E-state index is 0.00575. The van der Waals surface area contributed by atoms with E-state index in [2.05, 4.69) is 5.32 Å². The second-order valence-corrected chi connectivity index (χ2v) is 3.82. The summed E-state index contributed by atoms with van der Waals surface area (Å²) in [6.45, 7) is 2.50. The topological polar surface area (TPSA) is 58.6 Å². The standard InChI is InChI=1S/C14H19NO3/c1-12(17)15-9-3-2-4-13-5-7-14(8-6-13)18-11-10-16/h2,4-8,16H,3,9-11H2,1H3,(H,15,17). The Morgan fingerprint density at radius 3 is 2.72 bits per heavy atom. The molecule has 2 N–H and O–H groups in total. The van der Waals surface area contributed by atoms with Crippen LogP contribution in [0.5, 0.6) is 5.75 Å². The van der Waals surface area contributed by atoms with E-state index in [0.717, 1.165) is 17.7 Å². The number of benzene rings is 1. The summed E-state index contributed by atoms with van der Waals surface area (Å²) in [5.41, 5.74) is 1.08. The number of carbonyl (C=O) groups excluding carboxylic acids is 1. The van der Waals surface area contributed by atoms with Crippen LogP contribution in [-0.2, 0) is 4.79 Å². The molecule has 1 rings (SSSR count). The van der Waals surface area contributed by atoms with Crippen LogP contribution >= 0.6 is 0 Å². The molecule has 0 aliphatic rings. The minimum atomic E-state index is -0.00575. The van der Waals surface area contributed by atoms with E-state index in [1.54, 1.807) is 0 Å². The first-order chi connectivity index (χ1) is 8.72. The number of ether oxygens (including phenoxy) is 1. The molecule has 0 saturated heterocycles. The van der Waals surface area contributed by atoms with Crippen LogP contribution in [0.4, 0.5) is 0 Å². The number of hydrogen-bond donors (Lipinski definition) is 2. The highest BCUT2D eigenvalue weighted by molar-refractivity contribution is 5.72. The molecule has 0 heterocycles. The van der Waals surface area contributed by atoms with E-state index in [1.807, 2.05) is 36.4 Å². The fraction of sp³-hybridized carbons (Fsp3) is 0.357. The van der Waals surface area contributed by atoms with E-state index in [-0.39, 0.29) is 12.5 Å². The van der Waals surface area contributed by atoms with Crippen molar-refractivity contribution in [2.24, 2.45) is 0 Å². The maximum Gasteiger partial charge on any atom is 0.216 e. The van der Waals surface area contributed by atoms with E-state index in [4.69, 9.17) is 9.84 Å². The van der Waals surface area contributed by atoms with Crippen molar-refractivity contribution in [1.29, 1.82) is 0 Å². The third-order valence-electron chi connectivity index (χ3n) is 2.24. The van der Waals surface area contributed by atoms with Crippen molar-refractivity contribution in [2.75, 3.05) is 19.8 Å². The number of rotatable bonds is 7. The molecule has 0 aliphatic heterocycles. The highest BCUT2D eigenvalue weighted by Gasteiger charge is 1.92. The molecule has 0 bridgehead atoms. The summed E-state index contributed by atoms with van der Waals surface area (Å²) in [6.07, 6.45) is 4.82. The van der Waals surface area contributed by atoms with Gasteiger partial charge in [0.15, 0.2) is 0 Å². The molecule has 4 nitrogen and oxygen atoms in total. The van der Waals surface area contributed by atoms with E-state index in [1.165, 1.54) is 6.92 Å². The third kappa shape index (κ3) is 6.06. The van der Waals surface area contributed by atoms with Crippen molar-refractivity contribution in [2.45, 2.75) is 13.3 Å². The first-order valence-corrected chi connectivity index (χ1v) is 5.97. The van der Waals surface area contributed by atoms with Crippen LogP contribution in [0.15, 0.2) is 30.3 Å². The van der Waals surface area contributed by atoms with Gasteiger partial charge in [0, 0.05) is 13.5 Å². The zero-order chi connectivity index (χ0) is 13.2. The fourth-order valence-corrected chi connectivity index (χ4v) is 1.39. The molecule has 0 aliphatic carbocycles. The maximum atomic E-state index is 10.6. The van der Waals surface area contributed by atoms with Gasteiger partial charge in [-0.25, -0.2) is 0 Å². The number of aliphatic hydroxyl groups is 1. The van der Waals surface area contributed by atoms with Crippen molar-refractivity contribution in [3.8, 4) is 5.75 Å². The minimum Gasteiger partial charge on any atom is -0.491 e. The summed E-state index contributed by atoms with van der Waals surface area (Å²) < 4.78 is 5.26. The smallest absolute Gasteiger partial charge is 0.216 e. The van der Waals surface area contributed by atoms with Crippen LogP contribution in [-0.4, -0.2) is 30.8 Å². The number of nitrogens with one attached hydrogen (secondary N) is 1. The Morgan fingerprint density at radius 2 is 2.11 bits per heavy atom. The lowest BCUT2D eigenvalue weighted by Crippen LogP contribution is -2.20. The van der Waals surface area contributed by atoms with Gasteiger partial charge < -0.3 is 15.2 Å². The lowest BCUT2D eigenvalue weighted by molar-refractivity contribution is -0.118. The van der Waals surface area contributed by atoms with Gasteiger partial charge in [-0.15, -0.1) is 0 Å². The van der Waals surface area contributed by atoms with Gasteiger partial charge in [-0.3, -0.25) is 4.79 Å². The monoisotopic (exact) mass is 249 g/mol. The summed E-state index contributed by atoms with van der Waals surface area (Å²) >= 11 is 0. The summed E-state index contributed by atoms with van der Waals surface area (Å²) in [6, 6.07) is 7.62. The van der Waals surface area contributed by atoms with Crippen LogP contribution in [0.3, 0.4) is 0 Å². The van der Waals surface area contributed by atoms with Crippen LogP contribution in [0.25, 0.3) is 6.08 Å². The molecule has 0 unspecified atom stereocenters. The largest absolute Gasteiger partial charge is 0.491 e. The van der Waals surface area contributed by atoms with Gasteiger partial charge in [0.05, 0.1) is 6.61 Å². The predicted molar refractivity (Wildman–Crippen MR) is 71.4 cm³/mol. The lowest BCUT2D eigenvalue weighted by atomic mass is 10.2. The zero-order valence-corrected chi connectivity index (χ0v) is 10.6. The van der Waals surface area contributed by atoms with Crippen molar-refractivity contribution in [1.82, 2.24) is 5.32 Å². The van der Waals surface area contributed by atoms with Crippen LogP contribution < -0.4 is 10.1 Å². The van der Waals surface area contributed by atoms with Gasteiger partial charge in [-0.1, -0.05) is 24.3 Å². The summed E-state index contributed by atoms with van der Waals surface area (Å²) in [4.78, 5) is 10.6. The Bertz CT molecular complexity index is 385. The van der Waals surface area contributed by atoms with Crippen LogP contribution in [0.2, 0.25) is 0 Å². The number of hydrogen-bond acceptors (Lipinski definition) is 3. The van der Waals surface area contributed by atoms with E-state index in [0.29, 0.717) is 13.2 Å². The SMILES string of the molecule is CC(=O)NCCC=Cc1ccc(OCCO)cc1. The first kappa shape index (κ1) is 14.3. The lowest BCUT2D eigenvalue weighted by Gasteiger charge is -2.03. The van der Waals surface area contributed by atoms with Crippen LogP contribution in [0, 0.1) is 0 Å². The summed E-state index contributed by atoms with van der Waals surface area (Å²) in [5.74, 6) is 0.744. The normalized spacial score (nSPS) is 10.6. The first-order valence-electron chi connectivity index (χ1n) is 5.97. The van der Waals surface area contributed by atoms with E-state index in [9.17, 15) is 4.79 Å². The van der Waals surface area contributed by atoms with E-state index >= 15 is 0 Å². The molecule has 0 saturated carbocycles. The Labute approximate surface area is 107 Å². The molecule has 18 heavy (non-hydrogen) atoms. The Balaban J connectivity index is 2.33. The van der Waals surface area contributed by atoms with Crippen molar-refractivity contribution < 1.29 is 14.6 Å². The molecule has 0 spiro atoms. The molecule has 0 fully saturated rings. The average Bonchev–Trinajstić information content (AvgIpc) is 2.37. The number of carbonyl (C=O) groups is 1. The summed E-state index contributed by atoms with van der Waals surface area (Å²) in [5, 5.41) is 11.4. The predicted octanol–water partition coefficient (Wildman–Crippen LogP) is 1.60. The Hall–Kier alpha value is -1.81. The average molecular weight is 249 g/mol. The molecule has 1 aromatic rings. The fourth-order valence-electron chi connectivity index (χ4n) is 1.39. The molecule has 0 radical (unpaired) electrons. The Morgan fingerprint density at radius 1 is 1.39 bits per heavy atom. The molecular formula is C14H19NO3. The van der Waals surface area contributed by atoms with E-state index < -0.39 is 0 Å². The summed E-state index contributed by atoms with van der Waals surface area (Å²) in [7, 11) is 0. The molecule has 98 valence electrons. The molecule has 0 aromatic heterocycles. The zero-order valence-electron chi connectivity index (χ0n) is 10.6. The maximum absolute atomic E-state index is 10.6. The highest BCUT2D eigenvalue weighted by Crippen LogP contribution is 2.13. The third-order valence-corrected chi connectivity index (χ3v) is 2.24. The number of amides is 1. The van der Waals surface area contributed by atoms with Gasteiger partial charge in [0.2, 0.25) is 5.91 Å². The van der Waals surface area contributed by atoms with Gasteiger partial charge in [0.25, 0.3) is 0 Å². The second-order valence-electron chi connectivity index (χ2n) is 3.82. The van der Waals surface area contributed by atoms with Crippen LogP contribution in [0.1, 0.15) is 18.9 Å². The molecular weight excluding hydrogens is 230 g/mol. The molecule has 1 amide bonds. The van der Waals surface area contributed by atoms with Crippen molar-refractivity contribution in [3.63, 3.8) is 0 Å². The second kappa shape index (κ2) is 8.31. The number of aliphatic hydroxyl groups excluding tert-OH is 1. The van der Waals surface area contributed by atoms with Gasteiger partial charge in [-0.05, 0) is 24.1 Å². The van der Waals surface area contributed by atoms with Crippen molar-refractivity contribution in [3.05, 3.63) is 35.9 Å². The van der Waals surface area contributed by atoms with Crippen molar-refractivity contribution >= 4 is 12.0 Å². The van der Waals surface area contributed by atoms with Gasteiger partial charge in [0.1, 0.15) is 12.4 Å². The molecule has 4 heteroatoms. The molecule has 1 aromatic carbocycles. The van der Waals surface area contributed by atoms with Gasteiger partial charge >= 0.3 is 0 Å². The highest BCUT2D eigenvalue weighted by atomic mass is 16.5. The molecule has 0 atom stereocenters.